The van der Waals surface area contributed by atoms with E-state index in [9.17, 15) is 15.0 Å². The van der Waals surface area contributed by atoms with Crippen molar-refractivity contribution < 1.29 is 44.3 Å². The molecule has 0 saturated carbocycles. The van der Waals surface area contributed by atoms with Crippen LogP contribution in [-0.2, 0) is 32.0 Å². The van der Waals surface area contributed by atoms with Gasteiger partial charge in [-0.15, -0.1) is 0 Å². The number of aryl methyl sites for hydroxylation is 1. The van der Waals surface area contributed by atoms with Gasteiger partial charge in [-0.05, 0) is 67.1 Å². The SMILES string of the molecule is CCOC(=O)COc1ccc2c(c1)C[C@@H](NC[C@@H](O)c1ccc(O)c(Cl)c1)CC2.O=C(O)C(=O)O. The van der Waals surface area contributed by atoms with E-state index < -0.39 is 18.0 Å². The number of hydrogen-bond acceptors (Lipinski definition) is 8. The topological polar surface area (TPSA) is 163 Å². The second kappa shape index (κ2) is 13.5. The Morgan fingerprint density at radius 1 is 1.11 bits per heavy atom. The third kappa shape index (κ3) is 9.08. The molecule has 2 atom stereocenters. The van der Waals surface area contributed by atoms with Crippen LogP contribution in [0, 0.1) is 0 Å². The number of rotatable bonds is 8. The summed E-state index contributed by atoms with van der Waals surface area (Å²) >= 11 is 5.92. The zero-order valence-corrected chi connectivity index (χ0v) is 19.8. The largest absolute Gasteiger partial charge is 0.506 e. The van der Waals surface area contributed by atoms with Crippen LogP contribution >= 0.6 is 11.6 Å². The fourth-order valence-electron chi connectivity index (χ4n) is 3.47. The Bertz CT molecular complexity index is 1030. The van der Waals surface area contributed by atoms with Crippen molar-refractivity contribution in [3.8, 4) is 11.5 Å². The Morgan fingerprint density at radius 3 is 2.46 bits per heavy atom. The number of ether oxygens (including phenoxy) is 2. The summed E-state index contributed by atoms with van der Waals surface area (Å²) < 4.78 is 10.4. The highest BCUT2D eigenvalue weighted by Crippen LogP contribution is 2.28. The van der Waals surface area contributed by atoms with E-state index in [-0.39, 0.29) is 29.4 Å². The van der Waals surface area contributed by atoms with E-state index in [0.29, 0.717) is 24.5 Å². The second-order valence-electron chi connectivity index (χ2n) is 7.71. The van der Waals surface area contributed by atoms with Gasteiger partial charge >= 0.3 is 17.9 Å². The molecule has 0 bridgehead atoms. The zero-order valence-electron chi connectivity index (χ0n) is 19.1. The monoisotopic (exact) mass is 509 g/mol. The van der Waals surface area contributed by atoms with Gasteiger partial charge in [0.05, 0.1) is 17.7 Å². The number of aliphatic hydroxyl groups is 1. The van der Waals surface area contributed by atoms with Crippen LogP contribution in [0.5, 0.6) is 11.5 Å². The predicted molar refractivity (Wildman–Crippen MR) is 126 cm³/mol. The first-order valence-electron chi connectivity index (χ1n) is 10.9. The Kier molecular flexibility index (Phi) is 10.8. The number of phenols is 1. The number of carboxylic acid groups (broad SMARTS) is 2. The molecule has 10 nitrogen and oxygen atoms in total. The minimum absolute atomic E-state index is 0.000410. The van der Waals surface area contributed by atoms with Gasteiger partial charge in [-0.25, -0.2) is 14.4 Å². The standard InChI is InChI=1S/C22H26ClNO5.C2H2O4/c1-2-28-22(27)13-29-18-7-4-14-3-6-17(9-16(14)10-18)24-12-21(26)15-5-8-20(25)19(23)11-15;3-1(4)2(5)6/h4-5,7-8,10-11,17,21,24-26H,2-3,6,9,12-13H2,1H3;(H,3,4)(H,5,6)/t17-,21+;/m0./s1. The van der Waals surface area contributed by atoms with E-state index in [0.717, 1.165) is 19.3 Å². The fraction of sp³-hybridized carbons (Fsp3) is 0.375. The molecule has 0 heterocycles. The summed E-state index contributed by atoms with van der Waals surface area (Å²) in [4.78, 5) is 29.7. The highest BCUT2D eigenvalue weighted by atomic mass is 35.5. The number of hydrogen-bond donors (Lipinski definition) is 5. The van der Waals surface area contributed by atoms with Crippen LogP contribution < -0.4 is 10.1 Å². The molecule has 0 amide bonds. The number of phenolic OH excluding ortho intramolecular Hbond substituents is 1. The second-order valence-corrected chi connectivity index (χ2v) is 8.12. The molecule has 11 heteroatoms. The van der Waals surface area contributed by atoms with Gasteiger partial charge in [0.25, 0.3) is 0 Å². The van der Waals surface area contributed by atoms with Crippen LogP contribution in [0.4, 0.5) is 0 Å². The first-order chi connectivity index (χ1) is 16.6. The maximum Gasteiger partial charge on any atom is 0.414 e. The lowest BCUT2D eigenvalue weighted by Crippen LogP contribution is -2.37. The number of carbonyl (C=O) groups is 3. The number of aliphatic hydroxyl groups excluding tert-OH is 1. The molecule has 1 aliphatic carbocycles. The van der Waals surface area contributed by atoms with Gasteiger partial charge in [0.2, 0.25) is 0 Å². The summed E-state index contributed by atoms with van der Waals surface area (Å²) in [6, 6.07) is 10.8. The molecule has 1 aliphatic rings. The predicted octanol–water partition coefficient (Wildman–Crippen LogP) is 2.32. The highest BCUT2D eigenvalue weighted by Gasteiger charge is 2.20. The number of esters is 1. The molecular formula is C24H28ClNO9. The number of halogens is 1. The minimum atomic E-state index is -1.82. The molecule has 0 fully saturated rings. The van der Waals surface area contributed by atoms with E-state index in [1.165, 1.54) is 17.2 Å². The number of carbonyl (C=O) groups excluding carboxylic acids is 1. The molecule has 190 valence electrons. The van der Waals surface area contributed by atoms with Crippen molar-refractivity contribution in [3.05, 3.63) is 58.1 Å². The van der Waals surface area contributed by atoms with Crippen LogP contribution in [0.1, 0.15) is 36.1 Å². The average Bonchev–Trinajstić information content (AvgIpc) is 2.83. The summed E-state index contributed by atoms with van der Waals surface area (Å²) in [7, 11) is 0. The number of fused-ring (bicyclic) bond motifs is 1. The van der Waals surface area contributed by atoms with Crippen LogP contribution in [0.15, 0.2) is 36.4 Å². The Labute approximate surface area is 207 Å². The normalized spacial score (nSPS) is 15.1. The average molecular weight is 510 g/mol. The third-order valence-corrected chi connectivity index (χ3v) is 5.51. The van der Waals surface area contributed by atoms with Crippen molar-refractivity contribution in [2.45, 2.75) is 38.3 Å². The third-order valence-electron chi connectivity index (χ3n) is 5.21. The maximum absolute atomic E-state index is 11.5. The van der Waals surface area contributed by atoms with E-state index in [1.54, 1.807) is 19.1 Å². The molecule has 0 aliphatic heterocycles. The van der Waals surface area contributed by atoms with Crippen molar-refractivity contribution in [3.63, 3.8) is 0 Å². The van der Waals surface area contributed by atoms with Gasteiger partial charge in [0, 0.05) is 12.6 Å². The van der Waals surface area contributed by atoms with Gasteiger partial charge in [-0.2, -0.15) is 0 Å². The van der Waals surface area contributed by atoms with E-state index >= 15 is 0 Å². The molecule has 0 spiro atoms. The molecule has 5 N–H and O–H groups in total. The van der Waals surface area contributed by atoms with Crippen LogP contribution in [0.2, 0.25) is 5.02 Å². The first kappa shape index (κ1) is 27.9. The lowest BCUT2D eigenvalue weighted by atomic mass is 9.88. The Morgan fingerprint density at radius 2 is 1.83 bits per heavy atom. The van der Waals surface area contributed by atoms with Gasteiger partial charge < -0.3 is 35.2 Å². The van der Waals surface area contributed by atoms with Crippen LogP contribution in [0.3, 0.4) is 0 Å². The number of aromatic hydroxyl groups is 1. The van der Waals surface area contributed by atoms with Crippen molar-refractivity contribution in [2.24, 2.45) is 0 Å². The smallest absolute Gasteiger partial charge is 0.414 e. The summed E-state index contributed by atoms with van der Waals surface area (Å²) in [5.41, 5.74) is 3.11. The lowest BCUT2D eigenvalue weighted by Gasteiger charge is -2.27. The minimum Gasteiger partial charge on any atom is -0.506 e. The summed E-state index contributed by atoms with van der Waals surface area (Å²) in [5, 5.41) is 38.3. The molecule has 2 aromatic carbocycles. The molecule has 2 aromatic rings. The Hall–Kier alpha value is -3.34. The highest BCUT2D eigenvalue weighted by molar-refractivity contribution is 6.32. The Balaban J connectivity index is 0.000000641. The van der Waals surface area contributed by atoms with Crippen molar-refractivity contribution in [2.75, 3.05) is 19.8 Å². The quantitative estimate of drug-likeness (QED) is 0.263. The van der Waals surface area contributed by atoms with Gasteiger partial charge in [0.1, 0.15) is 11.5 Å². The fourth-order valence-corrected chi connectivity index (χ4v) is 3.66. The zero-order chi connectivity index (χ0) is 26.0. The summed E-state index contributed by atoms with van der Waals surface area (Å²) in [6.07, 6.45) is 2.01. The molecular weight excluding hydrogens is 482 g/mol. The van der Waals surface area contributed by atoms with Gasteiger partial charge in [-0.3, -0.25) is 0 Å². The van der Waals surface area contributed by atoms with E-state index in [1.807, 2.05) is 18.2 Å². The number of aliphatic carboxylic acids is 2. The number of nitrogens with one attached hydrogen (secondary N) is 1. The lowest BCUT2D eigenvalue weighted by molar-refractivity contribution is -0.159. The molecule has 0 unspecified atom stereocenters. The molecule has 3 rings (SSSR count). The molecule has 0 aromatic heterocycles. The van der Waals surface area contributed by atoms with Crippen LogP contribution in [0.25, 0.3) is 0 Å². The van der Waals surface area contributed by atoms with Gasteiger partial charge in [0.15, 0.2) is 6.61 Å². The number of carboxylic acids is 2. The molecule has 0 saturated heterocycles. The van der Waals surface area contributed by atoms with Crippen molar-refractivity contribution in [1.82, 2.24) is 5.32 Å². The first-order valence-corrected chi connectivity index (χ1v) is 11.2. The van der Waals surface area contributed by atoms with Gasteiger partial charge in [-0.1, -0.05) is 23.7 Å². The summed E-state index contributed by atoms with van der Waals surface area (Å²) in [6.45, 7) is 2.38. The number of benzene rings is 2. The maximum atomic E-state index is 11.5. The van der Waals surface area contributed by atoms with E-state index in [2.05, 4.69) is 5.32 Å². The molecule has 35 heavy (non-hydrogen) atoms. The van der Waals surface area contributed by atoms with Crippen LogP contribution in [-0.4, -0.2) is 64.1 Å². The van der Waals surface area contributed by atoms with Crippen molar-refractivity contribution in [1.29, 1.82) is 0 Å². The van der Waals surface area contributed by atoms with E-state index in [4.69, 9.17) is 40.9 Å². The summed E-state index contributed by atoms with van der Waals surface area (Å²) in [5.74, 6) is -3.38. The van der Waals surface area contributed by atoms with Crippen molar-refractivity contribution >= 4 is 29.5 Å². The molecule has 0 radical (unpaired) electrons.